The van der Waals surface area contributed by atoms with Crippen molar-refractivity contribution in [2.45, 2.75) is 11.3 Å². The van der Waals surface area contributed by atoms with Crippen molar-refractivity contribution in [1.29, 1.82) is 0 Å². The summed E-state index contributed by atoms with van der Waals surface area (Å²) in [6.07, 6.45) is 0.985. The zero-order valence-electron chi connectivity index (χ0n) is 10.0. The van der Waals surface area contributed by atoms with Crippen LogP contribution in [0.3, 0.4) is 0 Å². The molecule has 0 amide bonds. The average Bonchev–Trinajstić information content (AvgIpc) is 2.78. The molecule has 0 saturated carbocycles. The quantitative estimate of drug-likeness (QED) is 0.880. The van der Waals surface area contributed by atoms with Gasteiger partial charge in [0.15, 0.2) is 0 Å². The zero-order chi connectivity index (χ0) is 13.2. The first-order valence-electron chi connectivity index (χ1n) is 5.64. The van der Waals surface area contributed by atoms with E-state index in [1.165, 1.54) is 18.2 Å². The summed E-state index contributed by atoms with van der Waals surface area (Å²) >= 11 is 11.6. The Morgan fingerprint density at radius 2 is 1.89 bits per heavy atom. The second-order valence-electron chi connectivity index (χ2n) is 4.32. The predicted octanol–water partition coefficient (Wildman–Crippen LogP) is 2.30. The van der Waals surface area contributed by atoms with E-state index in [1.54, 1.807) is 0 Å². The van der Waals surface area contributed by atoms with Crippen LogP contribution in [0.4, 0.5) is 0 Å². The van der Waals surface area contributed by atoms with Gasteiger partial charge in [0.05, 0.1) is 4.90 Å². The van der Waals surface area contributed by atoms with Gasteiger partial charge in [0, 0.05) is 16.6 Å². The first-order chi connectivity index (χ1) is 8.47. The topological polar surface area (TPSA) is 58.2 Å². The minimum Gasteiger partial charge on any atom is -0.316 e. The molecular formula is C11H15Cl3N2O2S. The van der Waals surface area contributed by atoms with Gasteiger partial charge in [-0.2, -0.15) is 0 Å². The first kappa shape index (κ1) is 17.0. The number of benzene rings is 1. The summed E-state index contributed by atoms with van der Waals surface area (Å²) in [6.45, 7) is 2.22. The van der Waals surface area contributed by atoms with Crippen LogP contribution in [0.2, 0.25) is 10.0 Å². The Hall–Kier alpha value is -0.0400. The second kappa shape index (κ2) is 7.11. The summed E-state index contributed by atoms with van der Waals surface area (Å²) in [4.78, 5) is 0.103. The van der Waals surface area contributed by atoms with Crippen molar-refractivity contribution < 1.29 is 8.42 Å². The largest absolute Gasteiger partial charge is 0.316 e. The molecule has 8 heteroatoms. The van der Waals surface area contributed by atoms with Crippen LogP contribution in [0.1, 0.15) is 6.42 Å². The van der Waals surface area contributed by atoms with Crippen LogP contribution >= 0.6 is 35.6 Å². The highest BCUT2D eigenvalue weighted by Crippen LogP contribution is 2.22. The van der Waals surface area contributed by atoms with Crippen molar-refractivity contribution in [3.63, 3.8) is 0 Å². The van der Waals surface area contributed by atoms with Crippen molar-refractivity contribution in [2.75, 3.05) is 19.6 Å². The molecule has 0 aromatic heterocycles. The van der Waals surface area contributed by atoms with Gasteiger partial charge in [-0.15, -0.1) is 12.4 Å². The third kappa shape index (κ3) is 4.77. The van der Waals surface area contributed by atoms with Crippen LogP contribution in [0.5, 0.6) is 0 Å². The molecule has 4 nitrogen and oxygen atoms in total. The highest BCUT2D eigenvalue weighted by atomic mass is 35.5. The van der Waals surface area contributed by atoms with E-state index in [4.69, 9.17) is 23.2 Å². The van der Waals surface area contributed by atoms with Gasteiger partial charge < -0.3 is 5.32 Å². The highest BCUT2D eigenvalue weighted by Gasteiger charge is 2.20. The molecule has 1 saturated heterocycles. The van der Waals surface area contributed by atoms with E-state index in [9.17, 15) is 8.42 Å². The van der Waals surface area contributed by atoms with Gasteiger partial charge in [0.1, 0.15) is 0 Å². The van der Waals surface area contributed by atoms with Gasteiger partial charge in [0.25, 0.3) is 0 Å². The Kier molecular flexibility index (Phi) is 6.36. The number of halogens is 3. The lowest BCUT2D eigenvalue weighted by atomic mass is 10.1. The van der Waals surface area contributed by atoms with Gasteiger partial charge in [-0.05, 0) is 43.6 Å². The van der Waals surface area contributed by atoms with Gasteiger partial charge >= 0.3 is 0 Å². The summed E-state index contributed by atoms with van der Waals surface area (Å²) in [7, 11) is -3.54. The van der Waals surface area contributed by atoms with Crippen LogP contribution in [-0.4, -0.2) is 28.1 Å². The molecule has 19 heavy (non-hydrogen) atoms. The molecule has 0 aliphatic carbocycles. The van der Waals surface area contributed by atoms with E-state index in [-0.39, 0.29) is 17.3 Å². The third-order valence-corrected chi connectivity index (χ3v) is 4.71. The van der Waals surface area contributed by atoms with Crippen molar-refractivity contribution in [3.05, 3.63) is 28.2 Å². The SMILES string of the molecule is Cl.O=S(=O)(NCC1CCNC1)c1cc(Cl)cc(Cl)c1. The molecule has 1 unspecified atom stereocenters. The molecule has 2 N–H and O–H groups in total. The summed E-state index contributed by atoms with van der Waals surface area (Å²) in [5, 5.41) is 3.81. The van der Waals surface area contributed by atoms with Gasteiger partial charge in [0.2, 0.25) is 10.0 Å². The fourth-order valence-electron chi connectivity index (χ4n) is 1.88. The van der Waals surface area contributed by atoms with Crippen molar-refractivity contribution in [2.24, 2.45) is 5.92 Å². The monoisotopic (exact) mass is 344 g/mol. The van der Waals surface area contributed by atoms with Crippen molar-refractivity contribution in [3.8, 4) is 0 Å². The van der Waals surface area contributed by atoms with Crippen molar-refractivity contribution in [1.82, 2.24) is 10.0 Å². The zero-order valence-corrected chi connectivity index (χ0v) is 13.2. The normalized spacial score (nSPS) is 19.2. The molecule has 1 aromatic rings. The molecule has 1 aliphatic rings. The summed E-state index contributed by atoms with van der Waals surface area (Å²) in [6, 6.07) is 4.29. The summed E-state index contributed by atoms with van der Waals surface area (Å²) < 4.78 is 26.7. The van der Waals surface area contributed by atoms with E-state index in [0.29, 0.717) is 22.5 Å². The lowest BCUT2D eigenvalue weighted by Gasteiger charge is -2.11. The maximum atomic E-state index is 12.0. The van der Waals surface area contributed by atoms with E-state index in [1.807, 2.05) is 0 Å². The van der Waals surface area contributed by atoms with E-state index < -0.39 is 10.0 Å². The lowest BCUT2D eigenvalue weighted by Crippen LogP contribution is -2.30. The molecule has 1 atom stereocenters. The summed E-state index contributed by atoms with van der Waals surface area (Å²) in [5.74, 6) is 0.342. The molecule has 0 spiro atoms. The highest BCUT2D eigenvalue weighted by molar-refractivity contribution is 7.89. The Labute approximate surface area is 129 Å². The summed E-state index contributed by atoms with van der Waals surface area (Å²) in [5.41, 5.74) is 0. The maximum Gasteiger partial charge on any atom is 0.240 e. The molecule has 1 fully saturated rings. The number of hydrogen-bond acceptors (Lipinski definition) is 3. The minimum absolute atomic E-state index is 0. The third-order valence-electron chi connectivity index (χ3n) is 2.87. The molecule has 1 heterocycles. The van der Waals surface area contributed by atoms with E-state index >= 15 is 0 Å². The average molecular weight is 346 g/mol. The van der Waals surface area contributed by atoms with Crippen LogP contribution < -0.4 is 10.0 Å². The molecule has 1 aliphatic heterocycles. The molecule has 108 valence electrons. The van der Waals surface area contributed by atoms with Gasteiger partial charge in [-0.3, -0.25) is 0 Å². The number of hydrogen-bond donors (Lipinski definition) is 2. The Morgan fingerprint density at radius 1 is 1.26 bits per heavy atom. The van der Waals surface area contributed by atoms with Crippen LogP contribution in [0, 0.1) is 5.92 Å². The maximum absolute atomic E-state index is 12.0. The Morgan fingerprint density at radius 3 is 2.42 bits per heavy atom. The van der Waals surface area contributed by atoms with E-state index in [0.717, 1.165) is 19.5 Å². The number of nitrogens with one attached hydrogen (secondary N) is 2. The fraction of sp³-hybridized carbons (Fsp3) is 0.455. The van der Waals surface area contributed by atoms with Gasteiger partial charge in [-0.25, -0.2) is 13.1 Å². The van der Waals surface area contributed by atoms with Crippen LogP contribution in [0.15, 0.2) is 23.1 Å². The van der Waals surface area contributed by atoms with Crippen LogP contribution in [0.25, 0.3) is 0 Å². The molecule has 0 radical (unpaired) electrons. The molecule has 2 rings (SSSR count). The Balaban J connectivity index is 0.00000180. The van der Waals surface area contributed by atoms with E-state index in [2.05, 4.69) is 10.0 Å². The Bertz CT molecular complexity index is 510. The van der Waals surface area contributed by atoms with Crippen LogP contribution in [-0.2, 0) is 10.0 Å². The van der Waals surface area contributed by atoms with Gasteiger partial charge in [-0.1, -0.05) is 23.2 Å². The molecular weight excluding hydrogens is 331 g/mol. The number of rotatable bonds is 4. The number of sulfonamides is 1. The smallest absolute Gasteiger partial charge is 0.240 e. The molecule has 0 bridgehead atoms. The lowest BCUT2D eigenvalue weighted by molar-refractivity contribution is 0.539. The first-order valence-corrected chi connectivity index (χ1v) is 7.88. The standard InChI is InChI=1S/C11H14Cl2N2O2S.ClH/c12-9-3-10(13)5-11(4-9)18(16,17)15-7-8-1-2-14-6-8;/h3-5,8,14-15H,1-2,6-7H2;1H. The minimum atomic E-state index is -3.54. The van der Waals surface area contributed by atoms with Crippen molar-refractivity contribution >= 4 is 45.6 Å². The predicted molar refractivity (Wildman–Crippen MR) is 79.9 cm³/mol. The fourth-order valence-corrected chi connectivity index (χ4v) is 3.72. The molecule has 1 aromatic carbocycles. The second-order valence-corrected chi connectivity index (χ2v) is 6.96.